The fourth-order valence-corrected chi connectivity index (χ4v) is 3.56. The van der Waals surface area contributed by atoms with Gasteiger partial charge in [0, 0.05) is 37.6 Å². The number of nitro groups is 1. The number of furan rings is 1. The molecule has 0 aliphatic carbocycles. The third-order valence-corrected chi connectivity index (χ3v) is 4.99. The van der Waals surface area contributed by atoms with Crippen molar-refractivity contribution >= 4 is 16.3 Å². The summed E-state index contributed by atoms with van der Waals surface area (Å²) in [7, 11) is 0. The number of aryl methyl sites for hydroxylation is 1. The highest BCUT2D eigenvalue weighted by Crippen LogP contribution is 2.25. The average Bonchev–Trinajstić information content (AvgIpc) is 3.22. The molecule has 2 aromatic rings. The summed E-state index contributed by atoms with van der Waals surface area (Å²) in [6, 6.07) is 5.76. The van der Waals surface area contributed by atoms with Crippen LogP contribution in [0.1, 0.15) is 23.1 Å². The maximum Gasteiger partial charge on any atom is 0.324 e. The lowest BCUT2D eigenvalue weighted by Crippen LogP contribution is -2.42. The second-order valence-electron chi connectivity index (χ2n) is 5.79. The van der Waals surface area contributed by atoms with Crippen molar-refractivity contribution in [1.29, 1.82) is 0 Å². The lowest BCUT2D eigenvalue weighted by atomic mass is 10.1. The molecule has 0 spiro atoms. The number of ether oxygens (including phenoxy) is 1. The third kappa shape index (κ3) is 4.21. The minimum absolute atomic E-state index is 0.135. The molecule has 1 aliphatic heterocycles. The molecule has 7 nitrogen and oxygen atoms in total. The normalized spacial score (nSPS) is 17.0. The van der Waals surface area contributed by atoms with Gasteiger partial charge in [0.25, 0.3) is 0 Å². The molecule has 1 saturated heterocycles. The van der Waals surface area contributed by atoms with Crippen LogP contribution in [0.25, 0.3) is 0 Å². The monoisotopic (exact) mass is 351 g/mol. The Morgan fingerprint density at radius 2 is 2.21 bits per heavy atom. The second kappa shape index (κ2) is 7.89. The zero-order chi connectivity index (χ0) is 16.9. The molecule has 0 aromatic carbocycles. The SMILES string of the molecule is Cc1ccc(C(CNCc2csc([N+](=O)[O-])c2)N2CCOCC2)o1. The van der Waals surface area contributed by atoms with Crippen molar-refractivity contribution < 1.29 is 14.1 Å². The minimum atomic E-state index is -0.351. The van der Waals surface area contributed by atoms with Crippen molar-refractivity contribution in [3.05, 3.63) is 50.8 Å². The minimum Gasteiger partial charge on any atom is -0.465 e. The van der Waals surface area contributed by atoms with E-state index in [1.54, 1.807) is 6.07 Å². The first-order valence-electron chi connectivity index (χ1n) is 7.94. The van der Waals surface area contributed by atoms with Gasteiger partial charge in [0.1, 0.15) is 11.5 Å². The summed E-state index contributed by atoms with van der Waals surface area (Å²) in [5.41, 5.74) is 0.933. The van der Waals surface area contributed by atoms with Crippen molar-refractivity contribution in [2.24, 2.45) is 0 Å². The second-order valence-corrected chi connectivity index (χ2v) is 6.68. The Morgan fingerprint density at radius 1 is 1.42 bits per heavy atom. The number of nitrogens with one attached hydrogen (secondary N) is 1. The Morgan fingerprint density at radius 3 is 2.83 bits per heavy atom. The number of hydrogen-bond donors (Lipinski definition) is 1. The van der Waals surface area contributed by atoms with Gasteiger partial charge in [0.05, 0.1) is 24.2 Å². The van der Waals surface area contributed by atoms with Crippen molar-refractivity contribution in [3.8, 4) is 0 Å². The molecule has 1 aliphatic rings. The van der Waals surface area contributed by atoms with Crippen LogP contribution in [-0.4, -0.2) is 42.7 Å². The van der Waals surface area contributed by atoms with Crippen LogP contribution in [0.2, 0.25) is 0 Å². The largest absolute Gasteiger partial charge is 0.465 e. The maximum atomic E-state index is 10.8. The Kier molecular flexibility index (Phi) is 5.62. The molecular weight excluding hydrogens is 330 g/mol. The van der Waals surface area contributed by atoms with Gasteiger partial charge < -0.3 is 14.5 Å². The van der Waals surface area contributed by atoms with Crippen LogP contribution in [-0.2, 0) is 11.3 Å². The number of rotatable bonds is 7. The molecule has 3 rings (SSSR count). The van der Waals surface area contributed by atoms with Gasteiger partial charge in [-0.2, -0.15) is 0 Å². The van der Waals surface area contributed by atoms with Crippen LogP contribution < -0.4 is 5.32 Å². The topological polar surface area (TPSA) is 80.8 Å². The molecule has 3 heterocycles. The molecule has 0 saturated carbocycles. The van der Waals surface area contributed by atoms with Crippen LogP contribution >= 0.6 is 11.3 Å². The number of hydrogen-bond acceptors (Lipinski definition) is 7. The van der Waals surface area contributed by atoms with E-state index in [4.69, 9.17) is 9.15 Å². The van der Waals surface area contributed by atoms with Crippen LogP contribution in [0.5, 0.6) is 0 Å². The van der Waals surface area contributed by atoms with Crippen molar-refractivity contribution in [3.63, 3.8) is 0 Å². The van der Waals surface area contributed by atoms with Gasteiger partial charge in [-0.1, -0.05) is 11.3 Å². The van der Waals surface area contributed by atoms with E-state index >= 15 is 0 Å². The van der Waals surface area contributed by atoms with Gasteiger partial charge in [-0.15, -0.1) is 0 Å². The smallest absolute Gasteiger partial charge is 0.324 e. The molecule has 24 heavy (non-hydrogen) atoms. The Hall–Kier alpha value is -1.74. The molecular formula is C16H21N3O4S. The van der Waals surface area contributed by atoms with E-state index in [9.17, 15) is 10.1 Å². The molecule has 1 fully saturated rings. The molecule has 0 radical (unpaired) electrons. The first kappa shape index (κ1) is 17.1. The van der Waals surface area contributed by atoms with E-state index < -0.39 is 0 Å². The molecule has 130 valence electrons. The lowest BCUT2D eigenvalue weighted by Gasteiger charge is -2.33. The fourth-order valence-electron chi connectivity index (χ4n) is 2.84. The highest BCUT2D eigenvalue weighted by molar-refractivity contribution is 7.13. The van der Waals surface area contributed by atoms with Crippen LogP contribution in [0, 0.1) is 17.0 Å². The fraction of sp³-hybridized carbons (Fsp3) is 0.500. The molecule has 2 aromatic heterocycles. The van der Waals surface area contributed by atoms with Gasteiger partial charge in [-0.05, 0) is 24.6 Å². The van der Waals surface area contributed by atoms with Crippen LogP contribution in [0.4, 0.5) is 5.00 Å². The zero-order valence-electron chi connectivity index (χ0n) is 13.6. The van der Waals surface area contributed by atoms with E-state index in [1.807, 2.05) is 24.4 Å². The van der Waals surface area contributed by atoms with Crippen LogP contribution in [0.3, 0.4) is 0 Å². The first-order valence-corrected chi connectivity index (χ1v) is 8.82. The molecule has 0 bridgehead atoms. The molecule has 8 heteroatoms. The Labute approximate surface area is 144 Å². The zero-order valence-corrected chi connectivity index (χ0v) is 14.4. The maximum absolute atomic E-state index is 10.8. The molecule has 0 amide bonds. The summed E-state index contributed by atoms with van der Waals surface area (Å²) in [6.45, 7) is 6.46. The first-order chi connectivity index (χ1) is 11.6. The highest BCUT2D eigenvalue weighted by atomic mass is 32.1. The van der Waals surface area contributed by atoms with Gasteiger partial charge in [-0.25, -0.2) is 0 Å². The molecule has 1 atom stereocenters. The summed E-state index contributed by atoms with van der Waals surface area (Å²) >= 11 is 1.16. The summed E-state index contributed by atoms with van der Waals surface area (Å²) in [4.78, 5) is 12.8. The van der Waals surface area contributed by atoms with E-state index in [2.05, 4.69) is 10.2 Å². The average molecular weight is 351 g/mol. The Balaban J connectivity index is 1.61. The predicted octanol–water partition coefficient (Wildman–Crippen LogP) is 2.72. The van der Waals surface area contributed by atoms with Crippen molar-refractivity contribution in [2.75, 3.05) is 32.8 Å². The third-order valence-electron chi connectivity index (χ3n) is 4.06. The number of morpholine rings is 1. The Bertz CT molecular complexity index is 678. The summed E-state index contributed by atoms with van der Waals surface area (Å²) in [5.74, 6) is 1.84. The van der Waals surface area contributed by atoms with E-state index in [1.165, 1.54) is 0 Å². The molecule has 1 N–H and O–H groups in total. The van der Waals surface area contributed by atoms with Gasteiger partial charge in [-0.3, -0.25) is 15.0 Å². The van der Waals surface area contributed by atoms with E-state index in [-0.39, 0.29) is 16.0 Å². The molecule has 1 unspecified atom stereocenters. The lowest BCUT2D eigenvalue weighted by molar-refractivity contribution is -0.380. The predicted molar refractivity (Wildman–Crippen MR) is 91.3 cm³/mol. The van der Waals surface area contributed by atoms with Crippen molar-refractivity contribution in [2.45, 2.75) is 19.5 Å². The van der Waals surface area contributed by atoms with Crippen molar-refractivity contribution in [1.82, 2.24) is 10.2 Å². The van der Waals surface area contributed by atoms with Gasteiger partial charge in [0.2, 0.25) is 0 Å². The number of nitrogens with zero attached hydrogens (tertiary/aromatic N) is 2. The summed E-state index contributed by atoms with van der Waals surface area (Å²) < 4.78 is 11.3. The van der Waals surface area contributed by atoms with E-state index in [0.29, 0.717) is 6.54 Å². The highest BCUT2D eigenvalue weighted by Gasteiger charge is 2.25. The van der Waals surface area contributed by atoms with Gasteiger partial charge >= 0.3 is 5.00 Å². The number of thiophene rings is 1. The van der Waals surface area contributed by atoms with Gasteiger partial charge in [0.15, 0.2) is 0 Å². The standard InChI is InChI=1S/C16H21N3O4S/c1-12-2-3-15(23-12)14(18-4-6-22-7-5-18)10-17-9-13-8-16(19(20)21)24-11-13/h2-3,8,11,14,17H,4-7,9-10H2,1H3. The summed E-state index contributed by atoms with van der Waals surface area (Å²) in [5, 5.41) is 16.2. The van der Waals surface area contributed by atoms with E-state index in [0.717, 1.165) is 61.3 Å². The van der Waals surface area contributed by atoms with Crippen LogP contribution in [0.15, 0.2) is 28.0 Å². The summed E-state index contributed by atoms with van der Waals surface area (Å²) in [6.07, 6.45) is 0. The quantitative estimate of drug-likeness (QED) is 0.610.